The Labute approximate surface area is 147 Å². The third-order valence-electron chi connectivity index (χ3n) is 3.07. The van der Waals surface area contributed by atoms with E-state index < -0.39 is 0 Å². The lowest BCUT2D eigenvalue weighted by Gasteiger charge is -2.04. The molecule has 0 aliphatic rings. The van der Waals surface area contributed by atoms with Crippen molar-refractivity contribution in [3.05, 3.63) is 63.7 Å². The van der Waals surface area contributed by atoms with Gasteiger partial charge >= 0.3 is 0 Å². The molecule has 0 bridgehead atoms. The lowest BCUT2D eigenvalue weighted by molar-refractivity contribution is -0.115. The molecule has 3 rings (SSSR count). The van der Waals surface area contributed by atoms with Gasteiger partial charge in [-0.05, 0) is 29.8 Å². The molecular formula is C16H11Cl2N3OS. The fourth-order valence-corrected chi connectivity index (χ4v) is 3.19. The van der Waals surface area contributed by atoms with Gasteiger partial charge in [0.15, 0.2) is 5.13 Å². The van der Waals surface area contributed by atoms with Gasteiger partial charge in [-0.3, -0.25) is 9.78 Å². The zero-order valence-electron chi connectivity index (χ0n) is 11.8. The second kappa shape index (κ2) is 7.08. The number of halogens is 2. The molecular weight excluding hydrogens is 353 g/mol. The summed E-state index contributed by atoms with van der Waals surface area (Å²) < 4.78 is 0. The monoisotopic (exact) mass is 363 g/mol. The quantitative estimate of drug-likeness (QED) is 0.731. The first-order valence-corrected chi connectivity index (χ1v) is 8.35. The molecule has 0 spiro atoms. The fourth-order valence-electron chi connectivity index (χ4n) is 1.98. The Kier molecular flexibility index (Phi) is 4.91. The maximum atomic E-state index is 12.1. The molecule has 4 nitrogen and oxygen atoms in total. The van der Waals surface area contributed by atoms with Crippen LogP contribution in [0.5, 0.6) is 0 Å². The normalized spacial score (nSPS) is 10.5. The smallest absolute Gasteiger partial charge is 0.230 e. The summed E-state index contributed by atoms with van der Waals surface area (Å²) in [6.07, 6.45) is 3.60. The Hall–Kier alpha value is -1.95. The van der Waals surface area contributed by atoms with E-state index in [0.29, 0.717) is 15.2 Å². The summed E-state index contributed by atoms with van der Waals surface area (Å²) in [5, 5.41) is 6.21. The Morgan fingerprint density at radius 2 is 2.13 bits per heavy atom. The van der Waals surface area contributed by atoms with Crippen LogP contribution in [0, 0.1) is 0 Å². The summed E-state index contributed by atoms with van der Waals surface area (Å²) in [7, 11) is 0. The maximum Gasteiger partial charge on any atom is 0.230 e. The van der Waals surface area contributed by atoms with Gasteiger partial charge in [0.1, 0.15) is 0 Å². The van der Waals surface area contributed by atoms with Crippen molar-refractivity contribution >= 4 is 45.6 Å². The van der Waals surface area contributed by atoms with Gasteiger partial charge in [-0.2, -0.15) is 0 Å². The molecule has 23 heavy (non-hydrogen) atoms. The topological polar surface area (TPSA) is 54.9 Å². The van der Waals surface area contributed by atoms with Crippen LogP contribution in [0.2, 0.25) is 10.0 Å². The number of aromatic nitrogens is 2. The van der Waals surface area contributed by atoms with E-state index in [1.807, 2.05) is 17.5 Å². The molecule has 0 fully saturated rings. The number of pyridine rings is 1. The molecule has 7 heteroatoms. The van der Waals surface area contributed by atoms with Crippen LogP contribution < -0.4 is 5.32 Å². The predicted octanol–water partition coefficient (Wildman–Crippen LogP) is 4.69. The fraction of sp³-hybridized carbons (Fsp3) is 0.0625. The third-order valence-corrected chi connectivity index (χ3v) is 4.42. The first kappa shape index (κ1) is 15.9. The Bertz CT molecular complexity index is 836. The van der Waals surface area contributed by atoms with Crippen LogP contribution in [-0.2, 0) is 11.2 Å². The summed E-state index contributed by atoms with van der Waals surface area (Å²) in [5.41, 5.74) is 2.41. The second-order valence-corrected chi connectivity index (χ2v) is 6.44. The van der Waals surface area contributed by atoms with Gasteiger partial charge in [0.2, 0.25) is 5.91 Å². The van der Waals surface area contributed by atoms with Crippen molar-refractivity contribution in [2.45, 2.75) is 6.42 Å². The zero-order chi connectivity index (χ0) is 16.2. The minimum atomic E-state index is -0.179. The molecule has 0 saturated heterocycles. The Balaban J connectivity index is 1.68. The standard InChI is InChI=1S/C16H11Cl2N3OS/c17-12-4-3-10(13(18)7-12)6-15(22)21-16-20-14(9-23-16)11-2-1-5-19-8-11/h1-5,7-9H,6H2,(H,20,21,22). The molecule has 116 valence electrons. The number of carbonyl (C=O) groups excluding carboxylic acids is 1. The number of rotatable bonds is 4. The molecule has 0 atom stereocenters. The highest BCUT2D eigenvalue weighted by atomic mass is 35.5. The van der Waals surface area contributed by atoms with Crippen LogP contribution >= 0.6 is 34.5 Å². The van der Waals surface area contributed by atoms with E-state index >= 15 is 0 Å². The lowest BCUT2D eigenvalue weighted by atomic mass is 10.1. The van der Waals surface area contributed by atoms with E-state index in [4.69, 9.17) is 23.2 Å². The number of anilines is 1. The molecule has 0 unspecified atom stereocenters. The van der Waals surface area contributed by atoms with Gasteiger partial charge in [-0.1, -0.05) is 29.3 Å². The highest BCUT2D eigenvalue weighted by Crippen LogP contribution is 2.25. The molecule has 0 aliphatic heterocycles. The molecule has 1 amide bonds. The number of nitrogens with zero attached hydrogens (tertiary/aromatic N) is 2. The Morgan fingerprint density at radius 1 is 1.26 bits per heavy atom. The third kappa shape index (κ3) is 4.07. The predicted molar refractivity (Wildman–Crippen MR) is 94.1 cm³/mol. The van der Waals surface area contributed by atoms with Crippen molar-refractivity contribution in [2.24, 2.45) is 0 Å². The minimum absolute atomic E-state index is 0.164. The van der Waals surface area contributed by atoms with Gasteiger partial charge in [0.25, 0.3) is 0 Å². The molecule has 0 radical (unpaired) electrons. The summed E-state index contributed by atoms with van der Waals surface area (Å²) in [5.74, 6) is -0.179. The average molecular weight is 364 g/mol. The summed E-state index contributed by atoms with van der Waals surface area (Å²) >= 11 is 13.3. The van der Waals surface area contributed by atoms with E-state index in [2.05, 4.69) is 15.3 Å². The van der Waals surface area contributed by atoms with Crippen LogP contribution in [0.1, 0.15) is 5.56 Å². The first-order valence-electron chi connectivity index (χ1n) is 6.71. The zero-order valence-corrected chi connectivity index (χ0v) is 14.1. The number of carbonyl (C=O) groups is 1. The number of amides is 1. The number of nitrogens with one attached hydrogen (secondary N) is 1. The average Bonchev–Trinajstić information content (AvgIpc) is 2.99. The molecule has 0 aliphatic carbocycles. The maximum absolute atomic E-state index is 12.1. The van der Waals surface area contributed by atoms with Crippen molar-refractivity contribution in [3.8, 4) is 11.3 Å². The van der Waals surface area contributed by atoms with Crippen LogP contribution in [0.15, 0.2) is 48.1 Å². The number of hydrogen-bond acceptors (Lipinski definition) is 4. The molecule has 3 aromatic rings. The molecule has 2 heterocycles. The highest BCUT2D eigenvalue weighted by Gasteiger charge is 2.11. The largest absolute Gasteiger partial charge is 0.302 e. The molecule has 2 aromatic heterocycles. The van der Waals surface area contributed by atoms with Crippen molar-refractivity contribution in [2.75, 3.05) is 5.32 Å². The molecule has 1 N–H and O–H groups in total. The van der Waals surface area contributed by atoms with Crippen LogP contribution in [-0.4, -0.2) is 15.9 Å². The molecule has 1 aromatic carbocycles. The lowest BCUT2D eigenvalue weighted by Crippen LogP contribution is -2.14. The summed E-state index contributed by atoms with van der Waals surface area (Å²) in [6, 6.07) is 8.83. The number of benzene rings is 1. The van der Waals surface area contributed by atoms with Gasteiger partial charge < -0.3 is 5.32 Å². The van der Waals surface area contributed by atoms with E-state index in [9.17, 15) is 4.79 Å². The van der Waals surface area contributed by atoms with Crippen LogP contribution in [0.4, 0.5) is 5.13 Å². The second-order valence-electron chi connectivity index (χ2n) is 4.74. The molecule has 0 saturated carbocycles. The highest BCUT2D eigenvalue weighted by molar-refractivity contribution is 7.14. The summed E-state index contributed by atoms with van der Waals surface area (Å²) in [4.78, 5) is 20.6. The van der Waals surface area contributed by atoms with E-state index in [1.54, 1.807) is 30.6 Å². The minimum Gasteiger partial charge on any atom is -0.302 e. The van der Waals surface area contributed by atoms with Crippen molar-refractivity contribution in [3.63, 3.8) is 0 Å². The van der Waals surface area contributed by atoms with Gasteiger partial charge in [0.05, 0.1) is 12.1 Å². The van der Waals surface area contributed by atoms with Crippen molar-refractivity contribution in [1.82, 2.24) is 9.97 Å². The Morgan fingerprint density at radius 3 is 2.87 bits per heavy atom. The van der Waals surface area contributed by atoms with Crippen LogP contribution in [0.25, 0.3) is 11.3 Å². The van der Waals surface area contributed by atoms with Crippen LogP contribution in [0.3, 0.4) is 0 Å². The summed E-state index contributed by atoms with van der Waals surface area (Å²) in [6.45, 7) is 0. The number of hydrogen-bond donors (Lipinski definition) is 1. The van der Waals surface area contributed by atoms with Crippen molar-refractivity contribution in [1.29, 1.82) is 0 Å². The SMILES string of the molecule is O=C(Cc1ccc(Cl)cc1Cl)Nc1nc(-c2cccnc2)cs1. The first-order chi connectivity index (χ1) is 11.1. The van der Waals surface area contributed by atoms with Gasteiger partial charge in [-0.15, -0.1) is 11.3 Å². The van der Waals surface area contributed by atoms with E-state index in [1.165, 1.54) is 11.3 Å². The van der Waals surface area contributed by atoms with Gasteiger partial charge in [-0.25, -0.2) is 4.98 Å². The van der Waals surface area contributed by atoms with E-state index in [-0.39, 0.29) is 12.3 Å². The number of thiazole rings is 1. The van der Waals surface area contributed by atoms with Crippen molar-refractivity contribution < 1.29 is 4.79 Å². The van der Waals surface area contributed by atoms with E-state index in [0.717, 1.165) is 16.8 Å². The van der Waals surface area contributed by atoms with Gasteiger partial charge in [0, 0.05) is 33.4 Å².